The first kappa shape index (κ1) is 14.8. The number of halogens is 4. The summed E-state index contributed by atoms with van der Waals surface area (Å²) < 4.78 is 41.3. The van der Waals surface area contributed by atoms with Crippen LogP contribution in [0.3, 0.4) is 0 Å². The third kappa shape index (κ3) is 2.92. The minimum Gasteiger partial charge on any atom is -0.376 e. The second-order valence-corrected chi connectivity index (χ2v) is 6.70. The van der Waals surface area contributed by atoms with Crippen LogP contribution in [0.15, 0.2) is 39.7 Å². The predicted octanol–water partition coefficient (Wildman–Crippen LogP) is 5.52. The van der Waals surface area contributed by atoms with Crippen LogP contribution < -0.4 is 5.32 Å². The van der Waals surface area contributed by atoms with E-state index in [1.165, 1.54) is 17.8 Å². The summed E-state index contributed by atoms with van der Waals surface area (Å²) in [6.07, 6.45) is 0.720. The van der Waals surface area contributed by atoms with Gasteiger partial charge in [0.05, 0.1) is 16.2 Å². The highest BCUT2D eigenvalue weighted by atomic mass is 79.9. The number of benzene rings is 2. The van der Waals surface area contributed by atoms with Gasteiger partial charge in [0.25, 0.3) is 0 Å². The van der Waals surface area contributed by atoms with Crippen molar-refractivity contribution in [3.8, 4) is 0 Å². The first-order chi connectivity index (χ1) is 10.1. The topological polar surface area (TPSA) is 12.0 Å². The molecule has 1 atom stereocenters. The summed E-state index contributed by atoms with van der Waals surface area (Å²) in [5.41, 5.74) is 0.872. The Hall–Kier alpha value is -1.14. The van der Waals surface area contributed by atoms with E-state index < -0.39 is 11.6 Å². The largest absolute Gasteiger partial charge is 0.376 e. The van der Waals surface area contributed by atoms with Crippen LogP contribution >= 0.6 is 27.7 Å². The molecule has 0 radical (unpaired) electrons. The van der Waals surface area contributed by atoms with Gasteiger partial charge in [-0.05, 0) is 40.0 Å². The molecule has 6 heteroatoms. The van der Waals surface area contributed by atoms with E-state index in [1.807, 2.05) is 6.07 Å². The molecule has 0 amide bonds. The second kappa shape index (κ2) is 5.93. The van der Waals surface area contributed by atoms with Gasteiger partial charge in [-0.3, -0.25) is 0 Å². The van der Waals surface area contributed by atoms with Gasteiger partial charge in [-0.15, -0.1) is 11.8 Å². The third-order valence-corrected chi connectivity index (χ3v) is 5.13. The smallest absolute Gasteiger partial charge is 0.147 e. The van der Waals surface area contributed by atoms with Gasteiger partial charge in [0.15, 0.2) is 0 Å². The maximum Gasteiger partial charge on any atom is 0.147 e. The van der Waals surface area contributed by atoms with Gasteiger partial charge in [0.2, 0.25) is 0 Å². The number of nitrogens with one attached hydrogen (secondary N) is 1. The Kier molecular flexibility index (Phi) is 4.17. The average Bonchev–Trinajstić information content (AvgIpc) is 2.46. The van der Waals surface area contributed by atoms with E-state index in [1.54, 1.807) is 6.07 Å². The maximum atomic E-state index is 13.9. The van der Waals surface area contributed by atoms with E-state index in [9.17, 15) is 13.2 Å². The molecule has 1 unspecified atom stereocenters. The molecule has 0 aromatic heterocycles. The fourth-order valence-electron chi connectivity index (χ4n) is 2.36. The highest BCUT2D eigenvalue weighted by Crippen LogP contribution is 2.39. The molecule has 1 N–H and O–H groups in total. The third-order valence-electron chi connectivity index (χ3n) is 3.37. The first-order valence-corrected chi connectivity index (χ1v) is 8.16. The number of hydrogen-bond donors (Lipinski definition) is 1. The van der Waals surface area contributed by atoms with Crippen LogP contribution in [0.4, 0.5) is 18.9 Å². The Morgan fingerprint density at radius 2 is 1.90 bits per heavy atom. The zero-order valence-corrected chi connectivity index (χ0v) is 13.2. The first-order valence-electron chi connectivity index (χ1n) is 6.38. The van der Waals surface area contributed by atoms with Gasteiger partial charge in [-0.25, -0.2) is 13.2 Å². The normalized spacial score (nSPS) is 17.4. The average molecular weight is 374 g/mol. The van der Waals surface area contributed by atoms with Gasteiger partial charge < -0.3 is 5.32 Å². The van der Waals surface area contributed by atoms with Gasteiger partial charge in [-0.1, -0.05) is 12.1 Å². The highest BCUT2D eigenvalue weighted by Gasteiger charge is 2.24. The van der Waals surface area contributed by atoms with Gasteiger partial charge >= 0.3 is 0 Å². The zero-order chi connectivity index (χ0) is 15.0. The Labute approximate surface area is 133 Å². The fourth-order valence-corrected chi connectivity index (χ4v) is 3.81. The SMILES string of the molecule is Fc1cc(NC2CCSc3c(F)cccc32)c(F)cc1Br. The van der Waals surface area contributed by atoms with Crippen LogP contribution in [0, 0.1) is 17.5 Å². The van der Waals surface area contributed by atoms with E-state index in [0.717, 1.165) is 29.9 Å². The molecule has 1 nitrogen and oxygen atoms in total. The summed E-state index contributed by atoms with van der Waals surface area (Å²) >= 11 is 4.39. The number of thioether (sulfide) groups is 1. The van der Waals surface area contributed by atoms with Crippen molar-refractivity contribution in [2.45, 2.75) is 17.4 Å². The van der Waals surface area contributed by atoms with Crippen LogP contribution in [-0.2, 0) is 0 Å². The quantitative estimate of drug-likeness (QED) is 0.696. The predicted molar refractivity (Wildman–Crippen MR) is 82.2 cm³/mol. The van der Waals surface area contributed by atoms with Crippen molar-refractivity contribution in [3.63, 3.8) is 0 Å². The molecule has 0 saturated carbocycles. The van der Waals surface area contributed by atoms with Crippen molar-refractivity contribution in [2.75, 3.05) is 11.1 Å². The van der Waals surface area contributed by atoms with Crippen LogP contribution in [0.2, 0.25) is 0 Å². The molecule has 0 bridgehead atoms. The number of anilines is 1. The lowest BCUT2D eigenvalue weighted by molar-refractivity contribution is 0.579. The standard InChI is InChI=1S/C15H11BrF3NS/c16-9-6-12(19)14(7-11(9)18)20-13-4-5-21-15-8(13)2-1-3-10(15)17/h1-3,6-7,13,20H,4-5H2. The van der Waals surface area contributed by atoms with Crippen LogP contribution in [-0.4, -0.2) is 5.75 Å². The lowest BCUT2D eigenvalue weighted by Gasteiger charge is -2.27. The Balaban J connectivity index is 1.94. The molecule has 0 fully saturated rings. The van der Waals surface area contributed by atoms with Gasteiger partial charge in [0, 0.05) is 16.7 Å². The van der Waals surface area contributed by atoms with Crippen molar-refractivity contribution in [3.05, 3.63) is 57.8 Å². The summed E-state index contributed by atoms with van der Waals surface area (Å²) in [5, 5.41) is 2.98. The molecule has 1 aliphatic rings. The molecule has 2 aromatic carbocycles. The van der Waals surface area contributed by atoms with E-state index in [4.69, 9.17) is 0 Å². The van der Waals surface area contributed by atoms with E-state index in [0.29, 0.717) is 4.90 Å². The van der Waals surface area contributed by atoms with E-state index in [2.05, 4.69) is 21.2 Å². The lowest BCUT2D eigenvalue weighted by atomic mass is 10.0. The summed E-state index contributed by atoms with van der Waals surface area (Å²) in [4.78, 5) is 0.583. The molecular weight excluding hydrogens is 363 g/mol. The Bertz CT molecular complexity index is 693. The monoisotopic (exact) mass is 373 g/mol. The van der Waals surface area contributed by atoms with E-state index >= 15 is 0 Å². The zero-order valence-electron chi connectivity index (χ0n) is 10.8. The minimum atomic E-state index is -0.542. The fraction of sp³-hybridized carbons (Fsp3) is 0.200. The molecule has 21 heavy (non-hydrogen) atoms. The summed E-state index contributed by atoms with van der Waals surface area (Å²) in [7, 11) is 0. The van der Waals surface area contributed by atoms with Crippen molar-refractivity contribution in [1.82, 2.24) is 0 Å². The van der Waals surface area contributed by atoms with Crippen molar-refractivity contribution >= 4 is 33.4 Å². The highest BCUT2D eigenvalue weighted by molar-refractivity contribution is 9.10. The Morgan fingerprint density at radius 3 is 2.71 bits per heavy atom. The van der Waals surface area contributed by atoms with Crippen molar-refractivity contribution in [1.29, 1.82) is 0 Å². The molecule has 0 aliphatic carbocycles. The molecule has 110 valence electrons. The molecule has 0 spiro atoms. The summed E-state index contributed by atoms with van der Waals surface area (Å²) in [6, 6.07) is 6.82. The van der Waals surface area contributed by atoms with Crippen LogP contribution in [0.25, 0.3) is 0 Å². The Morgan fingerprint density at radius 1 is 1.10 bits per heavy atom. The van der Waals surface area contributed by atoms with Gasteiger partial charge in [0.1, 0.15) is 17.5 Å². The lowest BCUT2D eigenvalue weighted by Crippen LogP contribution is -2.17. The van der Waals surface area contributed by atoms with Gasteiger partial charge in [-0.2, -0.15) is 0 Å². The molecule has 3 rings (SSSR count). The maximum absolute atomic E-state index is 13.9. The minimum absolute atomic E-state index is 0.0798. The molecule has 2 aromatic rings. The molecule has 1 aliphatic heterocycles. The van der Waals surface area contributed by atoms with Crippen molar-refractivity contribution in [2.24, 2.45) is 0 Å². The molecular formula is C15H11BrF3NS. The van der Waals surface area contributed by atoms with E-state index in [-0.39, 0.29) is 22.0 Å². The summed E-state index contributed by atoms with van der Waals surface area (Å²) in [6.45, 7) is 0. The second-order valence-electron chi connectivity index (χ2n) is 4.74. The van der Waals surface area contributed by atoms with Crippen LogP contribution in [0.5, 0.6) is 0 Å². The van der Waals surface area contributed by atoms with Crippen LogP contribution in [0.1, 0.15) is 18.0 Å². The molecule has 1 heterocycles. The number of fused-ring (bicyclic) bond motifs is 1. The number of rotatable bonds is 2. The van der Waals surface area contributed by atoms with Crippen molar-refractivity contribution < 1.29 is 13.2 Å². The number of hydrogen-bond acceptors (Lipinski definition) is 2. The molecule has 0 saturated heterocycles. The summed E-state index contributed by atoms with van der Waals surface area (Å²) in [5.74, 6) is -0.624.